The molecule has 36 heavy (non-hydrogen) atoms. The fourth-order valence-corrected chi connectivity index (χ4v) is 4.99. The number of aromatic nitrogens is 3. The van der Waals surface area contributed by atoms with E-state index in [4.69, 9.17) is 15.2 Å². The molecule has 1 aromatic carbocycles. The van der Waals surface area contributed by atoms with Crippen LogP contribution in [0.5, 0.6) is 5.75 Å². The number of carbonyl (C=O) groups excluding carboxylic acids is 3. The van der Waals surface area contributed by atoms with Gasteiger partial charge >= 0.3 is 5.97 Å². The Morgan fingerprint density at radius 1 is 1.25 bits per heavy atom. The number of primary amides is 1. The number of anilines is 1. The topological polar surface area (TPSA) is 138 Å². The van der Waals surface area contributed by atoms with Gasteiger partial charge in [-0.05, 0) is 38.5 Å². The van der Waals surface area contributed by atoms with Gasteiger partial charge in [0.15, 0.2) is 11.0 Å². The predicted molar refractivity (Wildman–Crippen MR) is 138 cm³/mol. The van der Waals surface area contributed by atoms with Gasteiger partial charge in [-0.3, -0.25) is 14.2 Å². The second-order valence-electron chi connectivity index (χ2n) is 7.82. The lowest BCUT2D eigenvalue weighted by molar-refractivity contribution is -0.113. The Balaban J connectivity index is 1.71. The normalized spacial score (nSPS) is 10.8. The number of ether oxygens (including phenoxy) is 2. The number of para-hydroxylation sites is 1. The van der Waals surface area contributed by atoms with Gasteiger partial charge in [0, 0.05) is 6.54 Å². The van der Waals surface area contributed by atoms with E-state index in [0.717, 1.165) is 11.3 Å². The summed E-state index contributed by atoms with van der Waals surface area (Å²) in [6.07, 6.45) is 1.33. The largest absolute Gasteiger partial charge is 0.486 e. The molecule has 3 aromatic rings. The second kappa shape index (κ2) is 12.4. The zero-order valence-corrected chi connectivity index (χ0v) is 21.8. The molecular formula is C24H27N5O5S2. The van der Waals surface area contributed by atoms with Crippen molar-refractivity contribution < 1.29 is 23.9 Å². The monoisotopic (exact) mass is 529 g/mol. The van der Waals surface area contributed by atoms with E-state index in [1.54, 1.807) is 31.4 Å². The number of thiophene rings is 1. The van der Waals surface area contributed by atoms with Crippen LogP contribution >= 0.6 is 23.1 Å². The van der Waals surface area contributed by atoms with Crippen molar-refractivity contribution in [3.8, 4) is 5.75 Å². The predicted octanol–water partition coefficient (Wildman–Crippen LogP) is 3.81. The van der Waals surface area contributed by atoms with Crippen LogP contribution in [-0.4, -0.2) is 44.4 Å². The van der Waals surface area contributed by atoms with Crippen LogP contribution in [0, 0.1) is 6.92 Å². The first-order valence-electron chi connectivity index (χ1n) is 11.0. The summed E-state index contributed by atoms with van der Waals surface area (Å²) in [6.45, 7) is 9.42. The fraction of sp³-hybridized carbons (Fsp3) is 0.292. The van der Waals surface area contributed by atoms with Gasteiger partial charge in [-0.1, -0.05) is 36.0 Å². The standard InChI is InChI=1S/C24H27N5O5S2/c1-5-11-29-17(12-33-16-9-7-6-8-10-16)27-28-24(29)35-13-18(30)26-22-19(23(32)34-14(2)3)15(4)20(36-22)21(25)31/h5-10,14H,1,11-13H2,2-4H3,(H2,25,31)(H,26,30). The third-order valence-corrected chi connectivity index (χ3v) is 6.91. The average Bonchev–Trinajstić information content (AvgIpc) is 3.36. The summed E-state index contributed by atoms with van der Waals surface area (Å²) in [4.78, 5) is 37.4. The number of allylic oxidation sites excluding steroid dienone is 1. The van der Waals surface area contributed by atoms with Crippen molar-refractivity contribution in [3.05, 3.63) is 64.8 Å². The molecule has 0 spiro atoms. The number of nitrogens with zero attached hydrogens (tertiary/aromatic N) is 3. The zero-order chi connectivity index (χ0) is 26.2. The quantitative estimate of drug-likeness (QED) is 0.205. The number of nitrogens with one attached hydrogen (secondary N) is 1. The number of esters is 1. The molecule has 0 bridgehead atoms. The molecule has 0 aliphatic heterocycles. The van der Waals surface area contributed by atoms with Crippen LogP contribution in [-0.2, 0) is 22.7 Å². The van der Waals surface area contributed by atoms with E-state index < -0.39 is 17.8 Å². The number of amides is 2. The smallest absolute Gasteiger partial charge is 0.341 e. The molecule has 190 valence electrons. The molecule has 0 atom stereocenters. The van der Waals surface area contributed by atoms with Crippen molar-refractivity contribution in [2.75, 3.05) is 11.1 Å². The number of benzene rings is 1. The van der Waals surface area contributed by atoms with Gasteiger partial charge in [-0.2, -0.15) is 0 Å². The van der Waals surface area contributed by atoms with Gasteiger partial charge in [0.1, 0.15) is 17.4 Å². The molecule has 3 rings (SSSR count). The molecule has 12 heteroatoms. The molecule has 0 saturated heterocycles. The number of rotatable bonds is 12. The van der Waals surface area contributed by atoms with Crippen LogP contribution in [0.1, 0.15) is 45.3 Å². The van der Waals surface area contributed by atoms with Crippen LogP contribution in [0.4, 0.5) is 5.00 Å². The summed E-state index contributed by atoms with van der Waals surface area (Å²) >= 11 is 2.11. The van der Waals surface area contributed by atoms with E-state index in [2.05, 4.69) is 22.1 Å². The summed E-state index contributed by atoms with van der Waals surface area (Å²) < 4.78 is 12.9. The maximum atomic E-state index is 12.8. The molecule has 2 heterocycles. The van der Waals surface area contributed by atoms with Crippen molar-refractivity contribution in [2.45, 2.75) is 45.2 Å². The summed E-state index contributed by atoms with van der Waals surface area (Å²) in [5.41, 5.74) is 5.93. The molecule has 0 unspecified atom stereocenters. The van der Waals surface area contributed by atoms with Crippen molar-refractivity contribution in [1.82, 2.24) is 14.8 Å². The SMILES string of the molecule is C=CCn1c(COc2ccccc2)nnc1SCC(=O)Nc1sc(C(N)=O)c(C)c1C(=O)OC(C)C. The average molecular weight is 530 g/mol. The third-order valence-electron chi connectivity index (χ3n) is 4.72. The summed E-state index contributed by atoms with van der Waals surface area (Å²) in [7, 11) is 0. The Hall–Kier alpha value is -3.64. The number of hydrogen-bond acceptors (Lipinski definition) is 9. The van der Waals surface area contributed by atoms with Gasteiger partial charge < -0.3 is 20.5 Å². The van der Waals surface area contributed by atoms with Crippen LogP contribution in [0.25, 0.3) is 0 Å². The Morgan fingerprint density at radius 2 is 1.97 bits per heavy atom. The van der Waals surface area contributed by atoms with Gasteiger partial charge in [-0.15, -0.1) is 28.1 Å². The molecule has 2 amide bonds. The highest BCUT2D eigenvalue weighted by atomic mass is 32.2. The molecular weight excluding hydrogens is 502 g/mol. The first kappa shape index (κ1) is 27.0. The molecule has 0 aliphatic carbocycles. The minimum atomic E-state index is -0.686. The molecule has 0 saturated carbocycles. The van der Waals surface area contributed by atoms with Crippen LogP contribution in [0.15, 0.2) is 48.1 Å². The van der Waals surface area contributed by atoms with Gasteiger partial charge in [0.05, 0.1) is 22.3 Å². The Bertz CT molecular complexity index is 1250. The lowest BCUT2D eigenvalue weighted by Crippen LogP contribution is -2.18. The second-order valence-corrected chi connectivity index (χ2v) is 9.78. The first-order chi connectivity index (χ1) is 17.2. The van der Waals surface area contributed by atoms with Crippen molar-refractivity contribution in [2.24, 2.45) is 5.73 Å². The summed E-state index contributed by atoms with van der Waals surface area (Å²) in [5, 5.41) is 11.8. The lowest BCUT2D eigenvalue weighted by Gasteiger charge is -2.11. The van der Waals surface area contributed by atoms with E-state index in [0.29, 0.717) is 28.8 Å². The highest BCUT2D eigenvalue weighted by molar-refractivity contribution is 7.99. The molecule has 0 radical (unpaired) electrons. The van der Waals surface area contributed by atoms with Crippen molar-refractivity contribution in [3.63, 3.8) is 0 Å². The maximum Gasteiger partial charge on any atom is 0.341 e. The van der Waals surface area contributed by atoms with Crippen LogP contribution in [0.2, 0.25) is 0 Å². The maximum absolute atomic E-state index is 12.8. The minimum Gasteiger partial charge on any atom is -0.486 e. The molecule has 2 aromatic heterocycles. The van der Waals surface area contributed by atoms with Crippen molar-refractivity contribution in [1.29, 1.82) is 0 Å². The molecule has 0 aliphatic rings. The fourth-order valence-electron chi connectivity index (χ4n) is 3.16. The van der Waals surface area contributed by atoms with E-state index in [1.807, 2.05) is 30.3 Å². The number of nitrogens with two attached hydrogens (primary N) is 1. The highest BCUT2D eigenvalue weighted by Crippen LogP contribution is 2.34. The zero-order valence-electron chi connectivity index (χ0n) is 20.1. The van der Waals surface area contributed by atoms with Crippen LogP contribution in [0.3, 0.4) is 0 Å². The molecule has 3 N–H and O–H groups in total. The number of hydrogen-bond donors (Lipinski definition) is 2. The third kappa shape index (κ3) is 6.73. The van der Waals surface area contributed by atoms with E-state index in [9.17, 15) is 14.4 Å². The lowest BCUT2D eigenvalue weighted by atomic mass is 10.1. The van der Waals surface area contributed by atoms with Crippen molar-refractivity contribution >= 4 is 45.9 Å². The highest BCUT2D eigenvalue weighted by Gasteiger charge is 2.26. The van der Waals surface area contributed by atoms with Crippen LogP contribution < -0.4 is 15.8 Å². The number of thioether (sulfide) groups is 1. The number of carbonyl (C=O) groups is 3. The Morgan fingerprint density at radius 3 is 2.61 bits per heavy atom. The summed E-state index contributed by atoms with van der Waals surface area (Å²) in [6, 6.07) is 9.33. The Labute approximate surface area is 216 Å². The molecule has 0 fully saturated rings. The molecule has 10 nitrogen and oxygen atoms in total. The summed E-state index contributed by atoms with van der Waals surface area (Å²) in [5.74, 6) is -0.452. The first-order valence-corrected chi connectivity index (χ1v) is 12.8. The van der Waals surface area contributed by atoms with E-state index in [1.165, 1.54) is 11.8 Å². The van der Waals surface area contributed by atoms with Gasteiger partial charge in [0.2, 0.25) is 5.91 Å². The van der Waals surface area contributed by atoms with E-state index in [-0.39, 0.29) is 33.9 Å². The Kier molecular flexibility index (Phi) is 9.25. The van der Waals surface area contributed by atoms with E-state index >= 15 is 0 Å². The van der Waals surface area contributed by atoms with Gasteiger partial charge in [0.25, 0.3) is 5.91 Å². The minimum absolute atomic E-state index is 0.0175. The van der Waals surface area contributed by atoms with Gasteiger partial charge in [-0.25, -0.2) is 4.79 Å².